The lowest BCUT2D eigenvalue weighted by Gasteiger charge is -2.33. The molecule has 2 aromatic heterocycles. The van der Waals surface area contributed by atoms with Gasteiger partial charge in [-0.2, -0.15) is 0 Å². The van der Waals surface area contributed by atoms with E-state index in [1.165, 1.54) is 27.8 Å². The molecule has 5 heteroatoms. The van der Waals surface area contributed by atoms with Gasteiger partial charge in [0, 0.05) is 50.7 Å². The summed E-state index contributed by atoms with van der Waals surface area (Å²) in [5.41, 5.74) is 13.9. The molecule has 6 atom stereocenters. The van der Waals surface area contributed by atoms with Crippen molar-refractivity contribution < 1.29 is 8.83 Å². The van der Waals surface area contributed by atoms with E-state index in [1.807, 2.05) is 6.07 Å². The number of aliphatic imine (C=N–C) groups is 3. The molecule has 0 N–H and O–H groups in total. The van der Waals surface area contributed by atoms with E-state index in [0.717, 1.165) is 85.1 Å². The van der Waals surface area contributed by atoms with Crippen molar-refractivity contribution in [2.45, 2.75) is 52.6 Å². The molecule has 7 aromatic carbocycles. The molecule has 9 aromatic rings. The molecule has 0 fully saturated rings. The number of hydrogen-bond acceptors (Lipinski definition) is 5. The summed E-state index contributed by atoms with van der Waals surface area (Å²) in [7, 11) is 0. The molecule has 11 rings (SSSR count). The van der Waals surface area contributed by atoms with Crippen LogP contribution in [0.5, 0.6) is 0 Å². The van der Waals surface area contributed by atoms with E-state index >= 15 is 0 Å². The van der Waals surface area contributed by atoms with Gasteiger partial charge in [-0.15, -0.1) is 0 Å². The summed E-state index contributed by atoms with van der Waals surface area (Å²) >= 11 is 0. The normalized spacial score (nSPS) is 22.4. The standard InChI is InChI=1S/C59H51N3O2/c1-5-38-31-46(36(3)37(4)55(39-19-11-7-12-20-39)60-56(38)40-21-13-8-14-22-40)43-27-29-51-47(32-43)49-34-50-48-33-44(28-30-52(48)64-54(50)35-53(49)63-51)58-45(6-2)57(41-23-15-9-16-24-41)61-59(62-58)42-25-17-10-18-26-42/h7-38,45,55,57H,5-6H2,1-4H3/b46-31+,60-56?. The molecular formula is C59H51N3O2. The third-order valence-corrected chi connectivity index (χ3v) is 14.0. The summed E-state index contributed by atoms with van der Waals surface area (Å²) in [6.45, 7) is 9.28. The van der Waals surface area contributed by atoms with Gasteiger partial charge in [-0.3, -0.25) is 9.98 Å². The van der Waals surface area contributed by atoms with Crippen molar-refractivity contribution >= 4 is 66.7 Å². The highest BCUT2D eigenvalue weighted by Gasteiger charge is 2.34. The topological polar surface area (TPSA) is 63.4 Å². The maximum absolute atomic E-state index is 6.61. The molecular weight excluding hydrogens is 783 g/mol. The molecule has 314 valence electrons. The first-order valence-corrected chi connectivity index (χ1v) is 23.0. The van der Waals surface area contributed by atoms with Crippen molar-refractivity contribution in [1.82, 2.24) is 0 Å². The minimum atomic E-state index is -0.0514. The first kappa shape index (κ1) is 39.7. The van der Waals surface area contributed by atoms with E-state index in [-0.39, 0.29) is 35.8 Å². The fourth-order valence-corrected chi connectivity index (χ4v) is 10.3. The van der Waals surface area contributed by atoms with Crippen LogP contribution in [-0.2, 0) is 0 Å². The number of fused-ring (bicyclic) bond motifs is 6. The lowest BCUT2D eigenvalue weighted by molar-refractivity contribution is 0.389. The summed E-state index contributed by atoms with van der Waals surface area (Å²) in [5, 5.41) is 4.30. The zero-order valence-electron chi connectivity index (χ0n) is 36.8. The third-order valence-electron chi connectivity index (χ3n) is 14.0. The predicted molar refractivity (Wildman–Crippen MR) is 266 cm³/mol. The Morgan fingerprint density at radius 1 is 0.453 bits per heavy atom. The van der Waals surface area contributed by atoms with Gasteiger partial charge < -0.3 is 8.83 Å². The van der Waals surface area contributed by atoms with Crippen LogP contribution in [0.1, 0.15) is 86.0 Å². The van der Waals surface area contributed by atoms with E-state index in [9.17, 15) is 0 Å². The van der Waals surface area contributed by atoms with Crippen molar-refractivity contribution in [2.75, 3.05) is 0 Å². The van der Waals surface area contributed by atoms with Crippen LogP contribution < -0.4 is 0 Å². The Bertz CT molecular complexity index is 3290. The maximum atomic E-state index is 6.61. The van der Waals surface area contributed by atoms with Crippen molar-refractivity contribution in [3.63, 3.8) is 0 Å². The number of allylic oxidation sites excluding steroid dienone is 2. The first-order valence-electron chi connectivity index (χ1n) is 23.0. The van der Waals surface area contributed by atoms with E-state index in [2.05, 4.69) is 198 Å². The molecule has 0 bridgehead atoms. The van der Waals surface area contributed by atoms with Gasteiger partial charge in [-0.1, -0.05) is 161 Å². The Kier molecular flexibility index (Phi) is 10.3. The van der Waals surface area contributed by atoms with Crippen LogP contribution in [0.25, 0.3) is 49.5 Å². The summed E-state index contributed by atoms with van der Waals surface area (Å²) in [6.07, 6.45) is 4.36. The Labute approximate surface area is 374 Å². The SMILES string of the molecule is CCC1/C=C(/c2ccc3oc4cc5oc6ccc(C7=NC(c8ccccc8)=NC(c8ccccc8)C7CC)cc6c5cc4c3c2)C(C)C(C)C(c2ccccc2)N=C1c1ccccc1. The van der Waals surface area contributed by atoms with Crippen LogP contribution in [-0.4, -0.2) is 17.3 Å². The molecule has 0 spiro atoms. The lowest BCUT2D eigenvalue weighted by Crippen LogP contribution is -2.28. The van der Waals surface area contributed by atoms with E-state index in [1.54, 1.807) is 0 Å². The zero-order chi connectivity index (χ0) is 43.3. The third kappa shape index (κ3) is 7.00. The monoisotopic (exact) mass is 833 g/mol. The zero-order valence-corrected chi connectivity index (χ0v) is 36.8. The molecule has 0 aliphatic carbocycles. The van der Waals surface area contributed by atoms with Crippen LogP contribution in [0, 0.1) is 23.7 Å². The molecule has 2 aliphatic heterocycles. The highest BCUT2D eigenvalue weighted by atomic mass is 16.3. The van der Waals surface area contributed by atoms with Crippen LogP contribution in [0.15, 0.2) is 200 Å². The van der Waals surface area contributed by atoms with Gasteiger partial charge in [0.05, 0.1) is 17.8 Å². The van der Waals surface area contributed by atoms with Gasteiger partial charge >= 0.3 is 0 Å². The van der Waals surface area contributed by atoms with Gasteiger partial charge in [0.1, 0.15) is 22.3 Å². The van der Waals surface area contributed by atoms with E-state index < -0.39 is 0 Å². The largest absolute Gasteiger partial charge is 0.456 e. The fourth-order valence-electron chi connectivity index (χ4n) is 10.3. The Hall–Kier alpha value is -7.11. The number of amidine groups is 1. The molecule has 0 saturated heterocycles. The Balaban J connectivity index is 1.03. The highest BCUT2D eigenvalue weighted by Crippen LogP contribution is 2.45. The van der Waals surface area contributed by atoms with Gasteiger partial charge in [0.2, 0.25) is 0 Å². The Morgan fingerprint density at radius 3 is 1.58 bits per heavy atom. The van der Waals surface area contributed by atoms with Gasteiger partial charge in [-0.25, -0.2) is 4.99 Å². The van der Waals surface area contributed by atoms with Crippen molar-refractivity contribution in [3.8, 4) is 0 Å². The molecule has 0 saturated carbocycles. The molecule has 0 radical (unpaired) electrons. The molecule has 64 heavy (non-hydrogen) atoms. The van der Waals surface area contributed by atoms with Crippen LogP contribution in [0.3, 0.4) is 0 Å². The molecule has 6 unspecified atom stereocenters. The highest BCUT2D eigenvalue weighted by molar-refractivity contribution is 6.19. The Morgan fingerprint density at radius 2 is 0.984 bits per heavy atom. The number of hydrogen-bond donors (Lipinski definition) is 0. The van der Waals surface area contributed by atoms with E-state index in [4.69, 9.17) is 23.8 Å². The van der Waals surface area contributed by atoms with Gasteiger partial charge in [-0.05, 0) is 94.5 Å². The summed E-state index contributed by atoms with van der Waals surface area (Å²) in [4.78, 5) is 16.3. The second-order valence-corrected chi connectivity index (χ2v) is 17.7. The second kappa shape index (κ2) is 16.5. The minimum absolute atomic E-state index is 0.0174. The number of nitrogens with zero attached hydrogens (tertiary/aromatic N) is 3. The van der Waals surface area contributed by atoms with E-state index in [0.29, 0.717) is 0 Å². The minimum Gasteiger partial charge on any atom is -0.456 e. The molecule has 2 aliphatic rings. The molecule has 5 nitrogen and oxygen atoms in total. The molecule has 4 heterocycles. The van der Waals surface area contributed by atoms with Crippen LogP contribution in [0.4, 0.5) is 0 Å². The second-order valence-electron chi connectivity index (χ2n) is 17.7. The van der Waals surface area contributed by atoms with Crippen LogP contribution >= 0.6 is 0 Å². The van der Waals surface area contributed by atoms with Gasteiger partial charge in [0.25, 0.3) is 0 Å². The van der Waals surface area contributed by atoms with Crippen molar-refractivity contribution in [2.24, 2.45) is 38.6 Å². The smallest absolute Gasteiger partial charge is 0.155 e. The fraction of sp³-hybridized carbons (Fsp3) is 0.203. The average molecular weight is 834 g/mol. The van der Waals surface area contributed by atoms with Crippen molar-refractivity contribution in [3.05, 3.63) is 209 Å². The summed E-state index contributed by atoms with van der Waals surface area (Å²) in [6, 6.07) is 60.2. The average Bonchev–Trinajstić information content (AvgIpc) is 3.90. The number of furan rings is 2. The number of rotatable bonds is 8. The summed E-state index contributed by atoms with van der Waals surface area (Å²) < 4.78 is 13.2. The lowest BCUT2D eigenvalue weighted by atomic mass is 9.75. The maximum Gasteiger partial charge on any atom is 0.155 e. The molecule has 0 amide bonds. The first-order chi connectivity index (χ1) is 31.4. The summed E-state index contributed by atoms with van der Waals surface area (Å²) in [5.74, 6) is 1.50. The van der Waals surface area contributed by atoms with Gasteiger partial charge in [0.15, 0.2) is 5.84 Å². The number of benzene rings is 7. The quantitative estimate of drug-likeness (QED) is 0.153. The predicted octanol–water partition coefficient (Wildman–Crippen LogP) is 15.4. The van der Waals surface area contributed by atoms with Crippen LogP contribution in [0.2, 0.25) is 0 Å². The van der Waals surface area contributed by atoms with Crippen molar-refractivity contribution in [1.29, 1.82) is 0 Å².